The van der Waals surface area contributed by atoms with Gasteiger partial charge in [-0.2, -0.15) is 0 Å². The Balaban J connectivity index is 1.01. The van der Waals surface area contributed by atoms with Gasteiger partial charge in [0.15, 0.2) is 0 Å². The van der Waals surface area contributed by atoms with Crippen LogP contribution in [0.2, 0.25) is 0 Å². The fourth-order valence-corrected chi connectivity index (χ4v) is 10.7. The molecule has 3 heterocycles. The summed E-state index contributed by atoms with van der Waals surface area (Å²) >= 11 is 0. The Morgan fingerprint density at radius 2 is 0.947 bits per heavy atom. The number of hydrogen-bond donors (Lipinski definition) is 0. The van der Waals surface area contributed by atoms with Gasteiger partial charge >= 0.3 is 0 Å². The number of ether oxygens (including phenoxy) is 1. The topological polar surface area (TPSA) is 33.5 Å². The molecule has 0 saturated heterocycles. The minimum atomic E-state index is -0.109. The highest BCUT2D eigenvalue weighted by Crippen LogP contribution is 2.52. The van der Waals surface area contributed by atoms with Crippen molar-refractivity contribution in [2.45, 2.75) is 105 Å². The largest absolute Gasteiger partial charge is 0.457 e. The summed E-state index contributed by atoms with van der Waals surface area (Å²) in [4.78, 5) is 9.98. The Morgan fingerprint density at radius 1 is 0.387 bits per heavy atom. The lowest BCUT2D eigenvalue weighted by atomic mass is 9.80. The molecule has 1 aliphatic rings. The fourth-order valence-electron chi connectivity index (χ4n) is 10.7. The van der Waals surface area contributed by atoms with Crippen LogP contribution in [-0.2, 0) is 21.7 Å². The molecular formula is C70H70N4O. The molecule has 8 aromatic carbocycles. The third-order valence-electron chi connectivity index (χ3n) is 15.1. The highest BCUT2D eigenvalue weighted by Gasteiger charge is 2.33. The van der Waals surface area contributed by atoms with Gasteiger partial charge in [-0.25, -0.2) is 4.98 Å². The smallest absolute Gasteiger partial charge is 0.137 e. The summed E-state index contributed by atoms with van der Waals surface area (Å²) in [5.41, 5.74) is 19.0. The summed E-state index contributed by atoms with van der Waals surface area (Å²) in [6.45, 7) is 28.0. The van der Waals surface area contributed by atoms with E-state index in [0.717, 1.165) is 50.8 Å². The number of nitrogens with zero attached hydrogens (tertiary/aromatic N) is 4. The molecular weight excluding hydrogens is 913 g/mol. The predicted octanol–water partition coefficient (Wildman–Crippen LogP) is 19.4. The van der Waals surface area contributed by atoms with Crippen molar-refractivity contribution in [2.24, 2.45) is 0 Å². The Morgan fingerprint density at radius 3 is 1.60 bits per heavy atom. The molecule has 5 nitrogen and oxygen atoms in total. The first kappa shape index (κ1) is 49.3. The molecule has 0 saturated carbocycles. The summed E-state index contributed by atoms with van der Waals surface area (Å²) in [5.74, 6) is 2.41. The van der Waals surface area contributed by atoms with E-state index in [0.29, 0.717) is 6.67 Å². The van der Waals surface area contributed by atoms with Crippen LogP contribution < -0.4 is 14.5 Å². The first-order valence-electron chi connectivity index (χ1n) is 26.6. The molecule has 0 radical (unpaired) electrons. The Kier molecular flexibility index (Phi) is 12.2. The number of rotatable bonds is 8. The van der Waals surface area contributed by atoms with E-state index in [9.17, 15) is 0 Å². The van der Waals surface area contributed by atoms with Gasteiger partial charge in [0, 0.05) is 45.9 Å². The van der Waals surface area contributed by atoms with Crippen LogP contribution in [0.15, 0.2) is 194 Å². The van der Waals surface area contributed by atoms with E-state index < -0.39 is 0 Å². The van der Waals surface area contributed by atoms with E-state index in [1.807, 2.05) is 6.20 Å². The molecule has 0 spiro atoms. The van der Waals surface area contributed by atoms with E-state index in [2.05, 4.69) is 286 Å². The zero-order chi connectivity index (χ0) is 52.6. The van der Waals surface area contributed by atoms with Crippen molar-refractivity contribution in [2.75, 3.05) is 16.5 Å². The summed E-state index contributed by atoms with van der Waals surface area (Å²) in [7, 11) is 0. The van der Waals surface area contributed by atoms with Crippen LogP contribution in [0.4, 0.5) is 22.7 Å². The molecule has 75 heavy (non-hydrogen) atoms. The van der Waals surface area contributed by atoms with Crippen molar-refractivity contribution in [3.8, 4) is 50.7 Å². The van der Waals surface area contributed by atoms with E-state index in [4.69, 9.17) is 9.72 Å². The molecule has 0 amide bonds. The molecule has 0 atom stereocenters. The van der Waals surface area contributed by atoms with Crippen molar-refractivity contribution >= 4 is 44.6 Å². The van der Waals surface area contributed by atoms with Crippen LogP contribution in [0, 0.1) is 0 Å². The second-order valence-corrected chi connectivity index (χ2v) is 24.7. The van der Waals surface area contributed by atoms with Gasteiger partial charge in [-0.05, 0) is 127 Å². The number of fused-ring (bicyclic) bond motifs is 4. The predicted molar refractivity (Wildman–Crippen MR) is 318 cm³/mol. The Bertz CT molecular complexity index is 3760. The number of hydrogen-bond acceptors (Lipinski definition) is 4. The van der Waals surface area contributed by atoms with Crippen LogP contribution >= 0.6 is 0 Å². The van der Waals surface area contributed by atoms with E-state index in [1.54, 1.807) is 0 Å². The number of benzene rings is 8. The minimum absolute atomic E-state index is 0.00683. The van der Waals surface area contributed by atoms with Crippen LogP contribution in [0.25, 0.3) is 61.0 Å². The van der Waals surface area contributed by atoms with Crippen molar-refractivity contribution in [3.05, 3.63) is 217 Å². The highest BCUT2D eigenvalue weighted by atomic mass is 16.5. The summed E-state index contributed by atoms with van der Waals surface area (Å²) in [6, 6.07) is 69.1. The second kappa shape index (κ2) is 18.5. The number of pyridine rings is 1. The fraction of sp³-hybridized carbons (Fsp3) is 0.243. The summed E-state index contributed by atoms with van der Waals surface area (Å²) < 4.78 is 9.12. The number of anilines is 4. The van der Waals surface area contributed by atoms with Gasteiger partial charge in [0.25, 0.3) is 0 Å². The monoisotopic (exact) mass is 983 g/mol. The zero-order valence-corrected chi connectivity index (χ0v) is 45.9. The Labute approximate surface area is 445 Å². The standard InChI is InChI=1S/C70H70N4O/c1-67(2,3)50-22-17-20-48(38-50)46-30-32-47(33-31-46)59-40-53(70(10,11)12)41-60(49-21-18-23-51(39-49)68(4,5)6)66(59)73-45-72(62-28-15-16-29-63(62)73)54-24-19-25-55(42-54)75-56-35-36-58-57-26-13-14-27-61(57)74(64(58)43-56)65-37-34-52(44-71-65)69(7,8)9/h13-44H,45H2,1-12H3. The van der Waals surface area contributed by atoms with Gasteiger partial charge in [0.2, 0.25) is 0 Å². The Hall–Kier alpha value is -7.89. The average Bonchev–Trinajstić information content (AvgIpc) is 3.94. The molecule has 0 N–H and O–H groups in total. The first-order valence-corrected chi connectivity index (χ1v) is 26.6. The lowest BCUT2D eigenvalue weighted by Gasteiger charge is -2.31. The number of para-hydroxylation sites is 3. The molecule has 376 valence electrons. The van der Waals surface area contributed by atoms with Gasteiger partial charge in [-0.1, -0.05) is 198 Å². The van der Waals surface area contributed by atoms with Crippen LogP contribution in [0.1, 0.15) is 105 Å². The SMILES string of the molecule is CC(C)(C)c1ccc(-n2c3ccccc3c3ccc(Oc4cccc(N5CN(c6c(-c7ccc(-c8cccc(C(C)(C)C)c8)cc7)cc(C(C)(C)C)cc6-c6cccc(C(C)(C)C)c6)c6ccccc65)c4)cc32)nc1. The number of aromatic nitrogens is 2. The van der Waals surface area contributed by atoms with Crippen molar-refractivity contribution in [1.82, 2.24) is 9.55 Å². The molecule has 11 rings (SSSR count). The normalized spacial score (nSPS) is 13.2. The van der Waals surface area contributed by atoms with Crippen LogP contribution in [0.5, 0.6) is 11.5 Å². The third-order valence-corrected chi connectivity index (χ3v) is 15.1. The molecule has 0 aliphatic carbocycles. The first-order chi connectivity index (χ1) is 35.7. The van der Waals surface area contributed by atoms with Crippen molar-refractivity contribution in [3.63, 3.8) is 0 Å². The minimum Gasteiger partial charge on any atom is -0.457 e. The quantitative estimate of drug-likeness (QED) is 0.152. The van der Waals surface area contributed by atoms with E-state index in [1.165, 1.54) is 66.7 Å². The van der Waals surface area contributed by atoms with Crippen LogP contribution in [-0.4, -0.2) is 16.2 Å². The molecule has 10 aromatic rings. The lowest BCUT2D eigenvalue weighted by molar-refractivity contribution is 0.483. The summed E-state index contributed by atoms with van der Waals surface area (Å²) in [5, 5.41) is 2.34. The third kappa shape index (κ3) is 9.50. The maximum absolute atomic E-state index is 6.86. The van der Waals surface area contributed by atoms with E-state index >= 15 is 0 Å². The van der Waals surface area contributed by atoms with Gasteiger partial charge < -0.3 is 14.5 Å². The maximum Gasteiger partial charge on any atom is 0.137 e. The summed E-state index contributed by atoms with van der Waals surface area (Å²) in [6.07, 6.45) is 2.01. The van der Waals surface area contributed by atoms with Gasteiger partial charge in [-0.3, -0.25) is 4.57 Å². The second-order valence-electron chi connectivity index (χ2n) is 24.7. The maximum atomic E-state index is 6.86. The highest BCUT2D eigenvalue weighted by molar-refractivity contribution is 6.09. The van der Waals surface area contributed by atoms with Crippen molar-refractivity contribution < 1.29 is 4.74 Å². The van der Waals surface area contributed by atoms with Crippen molar-refractivity contribution in [1.29, 1.82) is 0 Å². The average molecular weight is 983 g/mol. The molecule has 2 aromatic heterocycles. The zero-order valence-electron chi connectivity index (χ0n) is 45.9. The molecule has 0 fully saturated rings. The molecule has 5 heteroatoms. The van der Waals surface area contributed by atoms with Gasteiger partial charge in [-0.15, -0.1) is 0 Å². The molecule has 1 aliphatic heterocycles. The molecule has 0 bridgehead atoms. The molecule has 0 unspecified atom stereocenters. The lowest BCUT2D eigenvalue weighted by Crippen LogP contribution is -2.25. The van der Waals surface area contributed by atoms with Crippen LogP contribution in [0.3, 0.4) is 0 Å². The van der Waals surface area contributed by atoms with Gasteiger partial charge in [0.1, 0.15) is 24.0 Å². The van der Waals surface area contributed by atoms with E-state index in [-0.39, 0.29) is 21.7 Å². The van der Waals surface area contributed by atoms with Gasteiger partial charge in [0.05, 0.1) is 28.1 Å².